The van der Waals surface area contributed by atoms with Gasteiger partial charge in [0.25, 0.3) is 0 Å². The molecule has 0 radical (unpaired) electrons. The highest BCUT2D eigenvalue weighted by Crippen LogP contribution is 2.25. The maximum atomic E-state index is 11.9. The molecule has 0 amide bonds. The molecule has 0 saturated heterocycles. The SMILES string of the molecule is C[Si](C)(C)c1c(Cc2cc(CBr)c(C=O)cc2C=O)cccc1Cc1cc(CBr)c(C=O)cc1C=O. The van der Waals surface area contributed by atoms with Gasteiger partial charge in [-0.25, -0.2) is 0 Å². The van der Waals surface area contributed by atoms with Gasteiger partial charge in [0.2, 0.25) is 0 Å². The van der Waals surface area contributed by atoms with Gasteiger partial charge < -0.3 is 0 Å². The predicted octanol–water partition coefficient (Wildman–Crippen LogP) is 6.45. The Labute approximate surface area is 229 Å². The topological polar surface area (TPSA) is 68.3 Å². The Morgan fingerprint density at radius 2 is 0.944 bits per heavy atom. The molecule has 0 aromatic heterocycles. The molecule has 3 rings (SSSR count). The van der Waals surface area contributed by atoms with E-state index in [-0.39, 0.29) is 0 Å². The van der Waals surface area contributed by atoms with Gasteiger partial charge in [-0.3, -0.25) is 19.2 Å². The smallest absolute Gasteiger partial charge is 0.150 e. The van der Waals surface area contributed by atoms with Gasteiger partial charge in [0.1, 0.15) is 25.1 Å². The zero-order valence-electron chi connectivity index (χ0n) is 20.6. The highest BCUT2D eigenvalue weighted by Gasteiger charge is 2.25. The van der Waals surface area contributed by atoms with E-state index < -0.39 is 8.07 Å². The second-order valence-electron chi connectivity index (χ2n) is 9.79. The van der Waals surface area contributed by atoms with Crippen molar-refractivity contribution in [3.8, 4) is 0 Å². The molecule has 0 unspecified atom stereocenters. The number of rotatable bonds is 11. The maximum Gasteiger partial charge on any atom is 0.150 e. The monoisotopic (exact) mass is 626 g/mol. The lowest BCUT2D eigenvalue weighted by Gasteiger charge is -2.26. The maximum absolute atomic E-state index is 11.9. The average molecular weight is 628 g/mol. The van der Waals surface area contributed by atoms with Crippen LogP contribution in [0.5, 0.6) is 0 Å². The lowest BCUT2D eigenvalue weighted by Crippen LogP contribution is -2.43. The van der Waals surface area contributed by atoms with Crippen LogP contribution < -0.4 is 5.19 Å². The Balaban J connectivity index is 2.16. The number of aldehydes is 4. The molecule has 0 heterocycles. The van der Waals surface area contributed by atoms with Crippen molar-refractivity contribution in [3.63, 3.8) is 0 Å². The molecule has 0 saturated carbocycles. The third kappa shape index (κ3) is 6.07. The summed E-state index contributed by atoms with van der Waals surface area (Å²) in [4.78, 5) is 46.7. The zero-order valence-corrected chi connectivity index (χ0v) is 24.7. The average Bonchev–Trinajstić information content (AvgIpc) is 2.87. The summed E-state index contributed by atoms with van der Waals surface area (Å²) in [6.45, 7) is 6.86. The second-order valence-corrected chi connectivity index (χ2v) is 15.9. The van der Waals surface area contributed by atoms with Crippen LogP contribution in [-0.4, -0.2) is 33.2 Å². The van der Waals surface area contributed by atoms with E-state index in [1.807, 2.05) is 18.2 Å². The van der Waals surface area contributed by atoms with Gasteiger partial charge in [-0.15, -0.1) is 0 Å². The van der Waals surface area contributed by atoms with E-state index in [0.29, 0.717) is 45.8 Å². The van der Waals surface area contributed by atoms with Crippen LogP contribution in [0.1, 0.15) is 74.8 Å². The molecular formula is C29H28Br2O4Si. The summed E-state index contributed by atoms with van der Waals surface area (Å²) in [5.74, 6) is 0. The molecule has 3 aromatic rings. The molecule has 186 valence electrons. The number of carbonyl (C=O) groups is 4. The number of carbonyl (C=O) groups excluding carboxylic acids is 4. The van der Waals surface area contributed by atoms with Crippen LogP contribution in [0.25, 0.3) is 0 Å². The van der Waals surface area contributed by atoms with E-state index in [2.05, 4.69) is 63.6 Å². The number of alkyl halides is 2. The molecule has 36 heavy (non-hydrogen) atoms. The Bertz CT molecular complexity index is 1230. The van der Waals surface area contributed by atoms with Crippen molar-refractivity contribution in [2.24, 2.45) is 0 Å². The summed E-state index contributed by atoms with van der Waals surface area (Å²) >= 11 is 6.90. The standard InChI is InChI=1S/C29H28Br2O4Si/c1-36(2,3)29-19(7-21-9-23(13-30)27(17-34)11-25(21)15-32)5-4-6-20(29)8-22-10-24(14-31)28(18-35)12-26(22)16-33/h4-6,9-12,15-18H,7-8,13-14H2,1-3H3. The van der Waals surface area contributed by atoms with E-state index in [1.54, 1.807) is 12.1 Å². The molecule has 0 atom stereocenters. The first-order valence-corrected chi connectivity index (χ1v) is 17.3. The van der Waals surface area contributed by atoms with Crippen molar-refractivity contribution in [2.45, 2.75) is 43.1 Å². The van der Waals surface area contributed by atoms with E-state index in [9.17, 15) is 19.2 Å². The van der Waals surface area contributed by atoms with Gasteiger partial charge >= 0.3 is 0 Å². The third-order valence-electron chi connectivity index (χ3n) is 6.35. The lowest BCUT2D eigenvalue weighted by atomic mass is 9.92. The molecule has 0 aliphatic carbocycles. The van der Waals surface area contributed by atoms with E-state index in [1.165, 1.54) is 5.19 Å². The van der Waals surface area contributed by atoms with E-state index in [0.717, 1.165) is 58.5 Å². The van der Waals surface area contributed by atoms with Gasteiger partial charge in [0.05, 0.1) is 8.07 Å². The number of benzene rings is 3. The molecule has 0 aliphatic rings. The van der Waals surface area contributed by atoms with Crippen molar-refractivity contribution in [1.29, 1.82) is 0 Å². The van der Waals surface area contributed by atoms with Gasteiger partial charge in [0.15, 0.2) is 0 Å². The van der Waals surface area contributed by atoms with Crippen molar-refractivity contribution in [1.82, 2.24) is 0 Å². The zero-order chi connectivity index (χ0) is 26.5. The first-order valence-electron chi connectivity index (χ1n) is 11.6. The minimum Gasteiger partial charge on any atom is -0.298 e. The summed E-state index contributed by atoms with van der Waals surface area (Å²) in [7, 11) is -1.87. The van der Waals surface area contributed by atoms with Crippen LogP contribution in [0.3, 0.4) is 0 Å². The Hall–Kier alpha value is -2.48. The van der Waals surface area contributed by atoms with Crippen LogP contribution in [0, 0.1) is 0 Å². The Morgan fingerprint density at radius 3 is 1.25 bits per heavy atom. The Kier molecular flexibility index (Phi) is 9.50. The van der Waals surface area contributed by atoms with Crippen molar-refractivity contribution in [3.05, 3.63) is 98.1 Å². The molecular weight excluding hydrogens is 600 g/mol. The van der Waals surface area contributed by atoms with Crippen LogP contribution in [-0.2, 0) is 23.5 Å². The van der Waals surface area contributed by atoms with Crippen LogP contribution in [0.15, 0.2) is 42.5 Å². The van der Waals surface area contributed by atoms with E-state index >= 15 is 0 Å². The van der Waals surface area contributed by atoms with Gasteiger partial charge in [-0.05, 0) is 58.4 Å². The van der Waals surface area contributed by atoms with Gasteiger partial charge in [0, 0.05) is 32.9 Å². The first kappa shape index (κ1) is 28.1. The first-order chi connectivity index (χ1) is 17.2. The van der Waals surface area contributed by atoms with Crippen LogP contribution in [0.4, 0.5) is 0 Å². The second kappa shape index (κ2) is 12.2. The van der Waals surface area contributed by atoms with E-state index in [4.69, 9.17) is 0 Å². The highest BCUT2D eigenvalue weighted by atomic mass is 79.9. The fourth-order valence-corrected chi connectivity index (χ4v) is 8.00. The fraction of sp³-hybridized carbons (Fsp3) is 0.241. The minimum atomic E-state index is -1.87. The van der Waals surface area contributed by atoms with Crippen molar-refractivity contribution >= 4 is 70.3 Å². The molecule has 0 bridgehead atoms. The lowest BCUT2D eigenvalue weighted by molar-refractivity contribution is 0.110. The number of halogens is 2. The number of hydrogen-bond donors (Lipinski definition) is 0. The number of hydrogen-bond acceptors (Lipinski definition) is 4. The minimum absolute atomic E-state index is 0.514. The quantitative estimate of drug-likeness (QED) is 0.139. The summed E-state index contributed by atoms with van der Waals surface area (Å²) in [5.41, 5.74) is 7.82. The van der Waals surface area contributed by atoms with Gasteiger partial charge in [-0.2, -0.15) is 0 Å². The molecule has 3 aromatic carbocycles. The summed E-state index contributed by atoms with van der Waals surface area (Å²) in [6, 6.07) is 13.4. The molecule has 0 N–H and O–H groups in total. The molecule has 0 fully saturated rings. The molecule has 7 heteroatoms. The third-order valence-corrected chi connectivity index (χ3v) is 9.70. The largest absolute Gasteiger partial charge is 0.298 e. The Morgan fingerprint density at radius 1 is 0.583 bits per heavy atom. The molecule has 4 nitrogen and oxygen atoms in total. The predicted molar refractivity (Wildman–Crippen MR) is 155 cm³/mol. The summed E-state index contributed by atoms with van der Waals surface area (Å²) in [5, 5.41) is 2.34. The fourth-order valence-electron chi connectivity index (χ4n) is 4.76. The highest BCUT2D eigenvalue weighted by molar-refractivity contribution is 9.08. The van der Waals surface area contributed by atoms with Crippen LogP contribution >= 0.6 is 31.9 Å². The summed E-state index contributed by atoms with van der Waals surface area (Å²) in [6.07, 6.45) is 4.32. The molecule has 0 aliphatic heterocycles. The normalized spacial score (nSPS) is 11.2. The summed E-state index contributed by atoms with van der Waals surface area (Å²) < 4.78 is 0. The van der Waals surface area contributed by atoms with Crippen LogP contribution in [0.2, 0.25) is 19.6 Å². The van der Waals surface area contributed by atoms with Crippen molar-refractivity contribution in [2.75, 3.05) is 0 Å². The van der Waals surface area contributed by atoms with Crippen molar-refractivity contribution < 1.29 is 19.2 Å². The molecule has 0 spiro atoms. The van der Waals surface area contributed by atoms with Gasteiger partial charge in [-0.1, -0.05) is 87.0 Å².